The van der Waals surface area contributed by atoms with Crippen LogP contribution in [-0.2, 0) is 5.41 Å². The molecule has 0 saturated carbocycles. The highest BCUT2D eigenvalue weighted by Gasteiger charge is 2.24. The number of hydrogen-bond donors (Lipinski definition) is 0. The van der Waals surface area contributed by atoms with Crippen molar-refractivity contribution in [1.29, 1.82) is 0 Å². The molecule has 0 saturated heterocycles. The minimum atomic E-state index is -0.159. The molecule has 35 heavy (non-hydrogen) atoms. The average molecular weight is 487 g/mol. The molecule has 0 atom stereocenters. The SMILES string of the molecule is C/C=C\C(=C/C)Sc1ccc(Oc2ccc(C(C)(C)c3ccc(OC(C)(C)CC)cc3)cc2)cc1. The van der Waals surface area contributed by atoms with Gasteiger partial charge in [0.1, 0.15) is 22.8 Å². The van der Waals surface area contributed by atoms with E-state index in [2.05, 4.69) is 108 Å². The van der Waals surface area contributed by atoms with Crippen molar-refractivity contribution in [3.05, 3.63) is 107 Å². The standard InChI is InChI=1S/C32H38O2S/c1-8-11-29(9-2)35-30-22-20-27(21-23-30)33-26-16-12-24(13-17-26)32(6,7)25-14-18-28(19-15-25)34-31(4,5)10-3/h8-9,11-23H,10H2,1-7H3/b11-8-,29-9+. The maximum absolute atomic E-state index is 6.12. The topological polar surface area (TPSA) is 18.5 Å². The first kappa shape index (κ1) is 26.7. The Bertz CT molecular complexity index is 1140. The van der Waals surface area contributed by atoms with Crippen molar-refractivity contribution in [2.75, 3.05) is 0 Å². The first-order valence-corrected chi connectivity index (χ1v) is 13.1. The molecular formula is C32H38O2S. The summed E-state index contributed by atoms with van der Waals surface area (Å²) in [7, 11) is 0. The van der Waals surface area contributed by atoms with E-state index in [4.69, 9.17) is 9.47 Å². The maximum Gasteiger partial charge on any atom is 0.127 e. The van der Waals surface area contributed by atoms with E-state index in [-0.39, 0.29) is 11.0 Å². The summed E-state index contributed by atoms with van der Waals surface area (Å²) >= 11 is 1.75. The Morgan fingerprint density at radius 2 is 1.23 bits per heavy atom. The van der Waals surface area contributed by atoms with Crippen molar-refractivity contribution in [2.24, 2.45) is 0 Å². The van der Waals surface area contributed by atoms with Crippen LogP contribution in [0, 0.1) is 0 Å². The van der Waals surface area contributed by atoms with Gasteiger partial charge < -0.3 is 9.47 Å². The Morgan fingerprint density at radius 1 is 0.743 bits per heavy atom. The molecule has 3 aromatic carbocycles. The number of benzene rings is 3. The molecule has 0 aliphatic rings. The van der Waals surface area contributed by atoms with Gasteiger partial charge in [0, 0.05) is 15.2 Å². The predicted molar refractivity (Wildman–Crippen MR) is 151 cm³/mol. The molecule has 0 fully saturated rings. The van der Waals surface area contributed by atoms with Gasteiger partial charge in [0.2, 0.25) is 0 Å². The molecule has 0 radical (unpaired) electrons. The lowest BCUT2D eigenvalue weighted by Crippen LogP contribution is -2.26. The average Bonchev–Trinajstić information content (AvgIpc) is 2.85. The van der Waals surface area contributed by atoms with Gasteiger partial charge in [0.05, 0.1) is 0 Å². The van der Waals surface area contributed by atoms with Crippen LogP contribution < -0.4 is 9.47 Å². The lowest BCUT2D eigenvalue weighted by atomic mass is 9.78. The van der Waals surface area contributed by atoms with Gasteiger partial charge in [-0.3, -0.25) is 0 Å². The molecule has 0 aromatic heterocycles. The smallest absolute Gasteiger partial charge is 0.127 e. The fourth-order valence-electron chi connectivity index (χ4n) is 3.64. The lowest BCUT2D eigenvalue weighted by molar-refractivity contribution is 0.105. The molecule has 0 N–H and O–H groups in total. The van der Waals surface area contributed by atoms with Gasteiger partial charge in [0.25, 0.3) is 0 Å². The van der Waals surface area contributed by atoms with E-state index in [1.165, 1.54) is 20.9 Å². The van der Waals surface area contributed by atoms with Crippen LogP contribution in [0.4, 0.5) is 0 Å². The number of hydrogen-bond acceptors (Lipinski definition) is 3. The Balaban J connectivity index is 1.67. The second-order valence-corrected chi connectivity index (χ2v) is 10.9. The van der Waals surface area contributed by atoms with E-state index < -0.39 is 0 Å². The van der Waals surface area contributed by atoms with E-state index in [1.54, 1.807) is 11.8 Å². The highest BCUT2D eigenvalue weighted by atomic mass is 32.2. The Hall–Kier alpha value is -2.91. The first-order chi connectivity index (χ1) is 16.7. The van der Waals surface area contributed by atoms with Crippen LogP contribution in [0.3, 0.4) is 0 Å². The fourth-order valence-corrected chi connectivity index (χ4v) is 4.50. The van der Waals surface area contributed by atoms with Crippen molar-refractivity contribution in [3.8, 4) is 17.2 Å². The van der Waals surface area contributed by atoms with Crippen molar-refractivity contribution < 1.29 is 9.47 Å². The van der Waals surface area contributed by atoms with Crippen LogP contribution in [0.15, 0.2) is 101 Å². The summed E-state index contributed by atoms with van der Waals surface area (Å²) in [6, 6.07) is 25.1. The fraction of sp³-hybridized carbons (Fsp3) is 0.312. The van der Waals surface area contributed by atoms with E-state index in [9.17, 15) is 0 Å². The monoisotopic (exact) mass is 486 g/mol. The van der Waals surface area contributed by atoms with Crippen LogP contribution in [-0.4, -0.2) is 5.60 Å². The predicted octanol–water partition coefficient (Wildman–Crippen LogP) is 9.94. The van der Waals surface area contributed by atoms with Crippen LogP contribution in [0.1, 0.15) is 66.0 Å². The molecule has 0 unspecified atom stereocenters. The van der Waals surface area contributed by atoms with Gasteiger partial charge in [0.15, 0.2) is 0 Å². The van der Waals surface area contributed by atoms with Gasteiger partial charge in [-0.15, -0.1) is 0 Å². The molecule has 0 bridgehead atoms. The number of allylic oxidation sites excluding steroid dienone is 3. The Kier molecular flexibility index (Phi) is 8.91. The Labute approximate surface area is 216 Å². The quantitative estimate of drug-likeness (QED) is 0.210. The van der Waals surface area contributed by atoms with E-state index in [1.807, 2.05) is 31.2 Å². The van der Waals surface area contributed by atoms with Crippen LogP contribution in [0.5, 0.6) is 17.2 Å². The van der Waals surface area contributed by atoms with Crippen LogP contribution in [0.2, 0.25) is 0 Å². The zero-order chi connectivity index (χ0) is 25.5. The highest BCUT2D eigenvalue weighted by molar-refractivity contribution is 8.03. The van der Waals surface area contributed by atoms with Crippen molar-refractivity contribution in [3.63, 3.8) is 0 Å². The summed E-state index contributed by atoms with van der Waals surface area (Å²) in [5.74, 6) is 2.58. The molecule has 0 aliphatic carbocycles. The molecule has 184 valence electrons. The summed E-state index contributed by atoms with van der Waals surface area (Å²) in [5.41, 5.74) is 2.20. The normalized spacial score (nSPS) is 12.7. The van der Waals surface area contributed by atoms with Crippen molar-refractivity contribution in [1.82, 2.24) is 0 Å². The number of thioether (sulfide) groups is 1. The van der Waals surface area contributed by atoms with Crippen molar-refractivity contribution >= 4 is 11.8 Å². The summed E-state index contributed by atoms with van der Waals surface area (Å²) in [6.45, 7) is 15.0. The van der Waals surface area contributed by atoms with E-state index in [0.717, 1.165) is 23.7 Å². The van der Waals surface area contributed by atoms with Gasteiger partial charge >= 0.3 is 0 Å². The van der Waals surface area contributed by atoms with E-state index >= 15 is 0 Å². The second kappa shape index (κ2) is 11.7. The molecule has 3 aromatic rings. The summed E-state index contributed by atoms with van der Waals surface area (Å²) in [4.78, 5) is 2.42. The zero-order valence-corrected chi connectivity index (χ0v) is 22.9. The third-order valence-corrected chi connectivity index (χ3v) is 7.42. The lowest BCUT2D eigenvalue weighted by Gasteiger charge is -2.28. The zero-order valence-electron chi connectivity index (χ0n) is 22.1. The molecule has 3 heteroatoms. The largest absolute Gasteiger partial charge is 0.488 e. The molecular weight excluding hydrogens is 448 g/mol. The third kappa shape index (κ3) is 7.29. The van der Waals surface area contributed by atoms with Crippen LogP contribution in [0.25, 0.3) is 0 Å². The third-order valence-electron chi connectivity index (χ3n) is 6.31. The molecule has 0 aliphatic heterocycles. The summed E-state index contributed by atoms with van der Waals surface area (Å²) in [5, 5.41) is 0. The molecule has 3 rings (SSSR count). The highest BCUT2D eigenvalue weighted by Crippen LogP contribution is 2.35. The molecule has 0 spiro atoms. The minimum Gasteiger partial charge on any atom is -0.488 e. The molecule has 2 nitrogen and oxygen atoms in total. The van der Waals surface area contributed by atoms with Gasteiger partial charge in [-0.2, -0.15) is 0 Å². The summed E-state index contributed by atoms with van der Waals surface area (Å²) < 4.78 is 12.2. The van der Waals surface area contributed by atoms with E-state index in [0.29, 0.717) is 0 Å². The number of ether oxygens (including phenoxy) is 2. The Morgan fingerprint density at radius 3 is 1.69 bits per heavy atom. The number of rotatable bonds is 10. The first-order valence-electron chi connectivity index (χ1n) is 12.3. The second-order valence-electron chi connectivity index (χ2n) is 9.76. The minimum absolute atomic E-state index is 0.131. The molecule has 0 heterocycles. The summed E-state index contributed by atoms with van der Waals surface area (Å²) in [6.07, 6.45) is 7.26. The maximum atomic E-state index is 6.12. The molecule has 0 amide bonds. The van der Waals surface area contributed by atoms with Gasteiger partial charge in [-0.05, 0) is 93.8 Å². The van der Waals surface area contributed by atoms with Gasteiger partial charge in [-0.25, -0.2) is 0 Å². The van der Waals surface area contributed by atoms with Crippen molar-refractivity contribution in [2.45, 2.75) is 70.8 Å². The van der Waals surface area contributed by atoms with Crippen LogP contribution >= 0.6 is 11.8 Å². The van der Waals surface area contributed by atoms with Gasteiger partial charge in [-0.1, -0.05) is 75.0 Å².